The van der Waals surface area contributed by atoms with E-state index in [0.717, 1.165) is 43.7 Å². The minimum Gasteiger partial charge on any atom is -0.364 e. The standard InChI is InChI=1S/C18H21N5/c1-22-17-13-23(12-15-6-3-9-20-15)10-4-7-16(17)18(21-22)14-5-2-8-19-11-14/h2-3,5-6,8-9,11,20H,4,7,10,12-13H2,1H3. The van der Waals surface area contributed by atoms with Gasteiger partial charge in [-0.25, -0.2) is 0 Å². The average molecular weight is 307 g/mol. The molecule has 0 aliphatic carbocycles. The molecule has 0 atom stereocenters. The van der Waals surface area contributed by atoms with Crippen LogP contribution in [0.5, 0.6) is 0 Å². The van der Waals surface area contributed by atoms with Crippen LogP contribution in [0.3, 0.4) is 0 Å². The Labute approximate surface area is 136 Å². The summed E-state index contributed by atoms with van der Waals surface area (Å²) in [6.45, 7) is 3.01. The molecule has 0 unspecified atom stereocenters. The van der Waals surface area contributed by atoms with Gasteiger partial charge in [0.1, 0.15) is 0 Å². The largest absolute Gasteiger partial charge is 0.364 e. The lowest BCUT2D eigenvalue weighted by atomic mass is 10.0. The summed E-state index contributed by atoms with van der Waals surface area (Å²) in [5.74, 6) is 0. The second-order valence-corrected chi connectivity index (χ2v) is 6.15. The Hall–Kier alpha value is -2.40. The molecule has 0 saturated heterocycles. The highest BCUT2D eigenvalue weighted by atomic mass is 15.3. The van der Waals surface area contributed by atoms with Crippen LogP contribution >= 0.6 is 0 Å². The number of pyridine rings is 1. The molecule has 0 saturated carbocycles. The molecule has 4 heterocycles. The first-order valence-corrected chi connectivity index (χ1v) is 8.11. The molecule has 1 N–H and O–H groups in total. The fraction of sp³-hybridized carbons (Fsp3) is 0.333. The van der Waals surface area contributed by atoms with Crippen LogP contribution in [0.4, 0.5) is 0 Å². The first-order chi connectivity index (χ1) is 11.3. The van der Waals surface area contributed by atoms with Gasteiger partial charge in [-0.15, -0.1) is 0 Å². The van der Waals surface area contributed by atoms with Gasteiger partial charge in [0.15, 0.2) is 0 Å². The van der Waals surface area contributed by atoms with Crippen LogP contribution in [0.2, 0.25) is 0 Å². The topological polar surface area (TPSA) is 49.7 Å². The van der Waals surface area contributed by atoms with Crippen molar-refractivity contribution < 1.29 is 0 Å². The summed E-state index contributed by atoms with van der Waals surface area (Å²) in [5, 5.41) is 4.78. The third-order valence-corrected chi connectivity index (χ3v) is 4.54. The van der Waals surface area contributed by atoms with Crippen LogP contribution in [0, 0.1) is 0 Å². The van der Waals surface area contributed by atoms with E-state index in [2.05, 4.69) is 40.1 Å². The minimum atomic E-state index is 0.943. The van der Waals surface area contributed by atoms with E-state index in [9.17, 15) is 0 Å². The van der Waals surface area contributed by atoms with Crippen molar-refractivity contribution in [1.29, 1.82) is 0 Å². The van der Waals surface area contributed by atoms with E-state index in [1.54, 1.807) is 0 Å². The van der Waals surface area contributed by atoms with Gasteiger partial charge in [-0.05, 0) is 43.7 Å². The number of nitrogens with one attached hydrogen (secondary N) is 1. The van der Waals surface area contributed by atoms with E-state index in [1.807, 2.05) is 29.3 Å². The number of aromatic nitrogens is 4. The predicted octanol–water partition coefficient (Wildman–Crippen LogP) is 2.76. The Kier molecular flexibility index (Phi) is 3.71. The van der Waals surface area contributed by atoms with E-state index in [0.29, 0.717) is 0 Å². The van der Waals surface area contributed by atoms with Crippen LogP contribution in [0.15, 0.2) is 42.9 Å². The Morgan fingerprint density at radius 2 is 2.22 bits per heavy atom. The number of aryl methyl sites for hydroxylation is 1. The van der Waals surface area contributed by atoms with E-state index < -0.39 is 0 Å². The molecule has 0 radical (unpaired) electrons. The number of hydrogen-bond acceptors (Lipinski definition) is 3. The van der Waals surface area contributed by atoms with E-state index >= 15 is 0 Å². The zero-order valence-corrected chi connectivity index (χ0v) is 13.4. The number of H-pyrrole nitrogens is 1. The molecule has 1 aliphatic heterocycles. The molecular weight excluding hydrogens is 286 g/mol. The zero-order valence-electron chi connectivity index (χ0n) is 13.4. The fourth-order valence-electron chi connectivity index (χ4n) is 3.41. The van der Waals surface area contributed by atoms with Crippen molar-refractivity contribution >= 4 is 0 Å². The molecule has 23 heavy (non-hydrogen) atoms. The second kappa shape index (κ2) is 6.01. The monoisotopic (exact) mass is 307 g/mol. The van der Waals surface area contributed by atoms with Crippen molar-refractivity contribution in [3.8, 4) is 11.3 Å². The Morgan fingerprint density at radius 1 is 1.26 bits per heavy atom. The van der Waals surface area contributed by atoms with Gasteiger partial charge in [0.25, 0.3) is 0 Å². The molecule has 0 amide bonds. The fourth-order valence-corrected chi connectivity index (χ4v) is 3.41. The molecule has 3 aromatic heterocycles. The molecular formula is C18H21N5. The van der Waals surface area contributed by atoms with Gasteiger partial charge >= 0.3 is 0 Å². The quantitative estimate of drug-likeness (QED) is 0.809. The second-order valence-electron chi connectivity index (χ2n) is 6.15. The van der Waals surface area contributed by atoms with E-state index in [1.165, 1.54) is 17.0 Å². The summed E-state index contributed by atoms with van der Waals surface area (Å²) in [4.78, 5) is 10.0. The molecule has 0 aromatic carbocycles. The average Bonchev–Trinajstić information content (AvgIpc) is 3.12. The molecule has 5 nitrogen and oxygen atoms in total. The van der Waals surface area contributed by atoms with Gasteiger partial charge in [-0.3, -0.25) is 14.6 Å². The van der Waals surface area contributed by atoms with Gasteiger partial charge in [0, 0.05) is 55.5 Å². The van der Waals surface area contributed by atoms with Gasteiger partial charge in [-0.1, -0.05) is 0 Å². The van der Waals surface area contributed by atoms with Crippen molar-refractivity contribution in [2.24, 2.45) is 7.05 Å². The molecule has 0 spiro atoms. The summed E-state index contributed by atoms with van der Waals surface area (Å²) < 4.78 is 2.05. The Bertz CT molecular complexity index is 773. The van der Waals surface area contributed by atoms with Crippen molar-refractivity contribution in [3.05, 3.63) is 59.8 Å². The van der Waals surface area contributed by atoms with Crippen LogP contribution in [0.25, 0.3) is 11.3 Å². The maximum absolute atomic E-state index is 4.78. The molecule has 1 aliphatic rings. The summed E-state index contributed by atoms with van der Waals surface area (Å²) in [6.07, 6.45) is 7.94. The Morgan fingerprint density at radius 3 is 3.00 bits per heavy atom. The van der Waals surface area contributed by atoms with Gasteiger partial charge in [-0.2, -0.15) is 5.10 Å². The molecule has 3 aromatic rings. The summed E-state index contributed by atoms with van der Waals surface area (Å²) in [7, 11) is 2.05. The number of rotatable bonds is 3. The highest BCUT2D eigenvalue weighted by molar-refractivity contribution is 5.63. The zero-order chi connectivity index (χ0) is 15.6. The van der Waals surface area contributed by atoms with Crippen LogP contribution in [0.1, 0.15) is 23.4 Å². The van der Waals surface area contributed by atoms with Crippen LogP contribution in [-0.4, -0.2) is 31.2 Å². The maximum atomic E-state index is 4.78. The lowest BCUT2D eigenvalue weighted by Crippen LogP contribution is -2.24. The molecule has 5 heteroatoms. The number of hydrogen-bond donors (Lipinski definition) is 1. The lowest BCUT2D eigenvalue weighted by molar-refractivity contribution is 0.252. The smallest absolute Gasteiger partial charge is 0.0973 e. The van der Waals surface area contributed by atoms with Gasteiger partial charge < -0.3 is 4.98 Å². The van der Waals surface area contributed by atoms with Crippen molar-refractivity contribution in [3.63, 3.8) is 0 Å². The number of aromatic amines is 1. The van der Waals surface area contributed by atoms with Crippen molar-refractivity contribution in [1.82, 2.24) is 24.6 Å². The summed E-state index contributed by atoms with van der Waals surface area (Å²) in [6, 6.07) is 8.28. The maximum Gasteiger partial charge on any atom is 0.0973 e. The highest BCUT2D eigenvalue weighted by Crippen LogP contribution is 2.29. The first-order valence-electron chi connectivity index (χ1n) is 8.11. The van der Waals surface area contributed by atoms with Crippen LogP contribution < -0.4 is 0 Å². The van der Waals surface area contributed by atoms with Gasteiger partial charge in [0.2, 0.25) is 0 Å². The highest BCUT2D eigenvalue weighted by Gasteiger charge is 2.22. The third-order valence-electron chi connectivity index (χ3n) is 4.54. The van der Waals surface area contributed by atoms with E-state index in [-0.39, 0.29) is 0 Å². The van der Waals surface area contributed by atoms with Crippen molar-refractivity contribution in [2.45, 2.75) is 25.9 Å². The molecule has 4 rings (SSSR count). The third kappa shape index (κ3) is 2.80. The first kappa shape index (κ1) is 14.2. The van der Waals surface area contributed by atoms with Gasteiger partial charge in [0.05, 0.1) is 11.4 Å². The minimum absolute atomic E-state index is 0.943. The summed E-state index contributed by atoms with van der Waals surface area (Å²) >= 11 is 0. The normalized spacial score (nSPS) is 15.3. The molecule has 0 fully saturated rings. The van der Waals surface area contributed by atoms with Crippen LogP contribution in [-0.2, 0) is 26.6 Å². The molecule has 118 valence electrons. The SMILES string of the molecule is Cn1nc(-c2cccnc2)c2c1CN(Cc1ccc[nH]1)CCC2. The molecule has 0 bridgehead atoms. The Balaban J connectivity index is 1.65. The van der Waals surface area contributed by atoms with E-state index in [4.69, 9.17) is 5.10 Å². The number of nitrogens with zero attached hydrogens (tertiary/aromatic N) is 4. The summed E-state index contributed by atoms with van der Waals surface area (Å²) in [5.41, 5.74) is 6.19. The van der Waals surface area contributed by atoms with Crippen molar-refractivity contribution in [2.75, 3.05) is 6.54 Å². The number of fused-ring (bicyclic) bond motifs is 1. The lowest BCUT2D eigenvalue weighted by Gasteiger charge is -2.19. The predicted molar refractivity (Wildman–Crippen MR) is 89.7 cm³/mol.